The molecule has 0 heterocycles. The molecule has 0 amide bonds. The van der Waals surface area contributed by atoms with Crippen LogP contribution in [-0.4, -0.2) is 19.2 Å². The van der Waals surface area contributed by atoms with Gasteiger partial charge in [-0.25, -0.2) is 0 Å². The molecule has 0 bridgehead atoms. The van der Waals surface area contributed by atoms with E-state index in [2.05, 4.69) is 0 Å². The molecule has 0 aliphatic heterocycles. The Balaban J connectivity index is 2.66. The number of carbonyl (C=O) groups is 2. The molecule has 0 unspecified atom stereocenters. The lowest BCUT2D eigenvalue weighted by Gasteiger charge is -2.08. The van der Waals surface area contributed by atoms with E-state index in [0.29, 0.717) is 12.6 Å². The highest BCUT2D eigenvalue weighted by molar-refractivity contribution is 5.60. The zero-order valence-electron chi connectivity index (χ0n) is 7.05. The summed E-state index contributed by atoms with van der Waals surface area (Å²) in [4.78, 5) is 20.6. The molecule has 0 saturated carbocycles. The quantitative estimate of drug-likeness (QED) is 0.635. The van der Waals surface area contributed by atoms with Crippen LogP contribution in [0.15, 0.2) is 30.3 Å². The molecule has 1 rings (SSSR count). The Morgan fingerprint density at radius 3 is 2.46 bits per heavy atom. The van der Waals surface area contributed by atoms with Gasteiger partial charge in [0.05, 0.1) is 0 Å². The average molecular weight is 178 g/mol. The van der Waals surface area contributed by atoms with E-state index in [-0.39, 0.29) is 6.61 Å². The minimum Gasteiger partial charge on any atom is -0.359 e. The minimum atomic E-state index is -0.633. The Bertz CT molecular complexity index is 269. The van der Waals surface area contributed by atoms with E-state index >= 15 is 0 Å². The molecule has 0 saturated heterocycles. The van der Waals surface area contributed by atoms with Gasteiger partial charge in [0.25, 0.3) is 0 Å². The molecule has 0 aromatic heterocycles. The number of rotatable bonds is 5. The lowest BCUT2D eigenvalue weighted by molar-refractivity contribution is -0.122. The molecule has 0 spiro atoms. The van der Waals surface area contributed by atoms with Crippen molar-refractivity contribution in [2.45, 2.75) is 6.10 Å². The van der Waals surface area contributed by atoms with E-state index in [4.69, 9.17) is 4.74 Å². The second-order valence-corrected chi connectivity index (χ2v) is 2.47. The van der Waals surface area contributed by atoms with Crippen LogP contribution >= 0.6 is 0 Å². The molecule has 0 fully saturated rings. The maximum atomic E-state index is 10.6. The molecule has 1 aromatic rings. The molecule has 68 valence electrons. The van der Waals surface area contributed by atoms with Crippen molar-refractivity contribution in [2.24, 2.45) is 0 Å². The third kappa shape index (κ3) is 2.80. The summed E-state index contributed by atoms with van der Waals surface area (Å²) in [5, 5.41) is 0. The van der Waals surface area contributed by atoms with Crippen molar-refractivity contribution < 1.29 is 14.3 Å². The van der Waals surface area contributed by atoms with Gasteiger partial charge in [0, 0.05) is 0 Å². The van der Waals surface area contributed by atoms with Crippen LogP contribution in [0.5, 0.6) is 0 Å². The molecule has 0 aliphatic rings. The summed E-state index contributed by atoms with van der Waals surface area (Å²) in [6.07, 6.45) is 0.671. The van der Waals surface area contributed by atoms with Crippen LogP contribution in [0, 0.1) is 0 Å². The molecule has 1 aromatic carbocycles. The molecule has 0 aliphatic carbocycles. The molecule has 0 N–H and O–H groups in total. The van der Waals surface area contributed by atoms with Gasteiger partial charge in [-0.3, -0.25) is 0 Å². The van der Waals surface area contributed by atoms with Crippen LogP contribution in [0.25, 0.3) is 0 Å². The highest BCUT2D eigenvalue weighted by Gasteiger charge is 2.08. The summed E-state index contributed by atoms with van der Waals surface area (Å²) >= 11 is 0. The fourth-order valence-electron chi connectivity index (χ4n) is 1.000. The molecule has 3 heteroatoms. The first-order valence-corrected chi connectivity index (χ1v) is 3.94. The van der Waals surface area contributed by atoms with Crippen LogP contribution in [0.4, 0.5) is 0 Å². The summed E-state index contributed by atoms with van der Waals surface area (Å²) in [5.41, 5.74) is 0.763. The number of benzene rings is 1. The number of aldehydes is 2. The lowest BCUT2D eigenvalue weighted by atomic mass is 10.1. The summed E-state index contributed by atoms with van der Waals surface area (Å²) in [6.45, 7) is -0.0572. The van der Waals surface area contributed by atoms with Gasteiger partial charge in [0.1, 0.15) is 19.0 Å². The summed E-state index contributed by atoms with van der Waals surface area (Å²) in [7, 11) is 0. The molecule has 13 heavy (non-hydrogen) atoms. The number of carbonyl (C=O) groups excluding carboxylic acids is 2. The van der Waals surface area contributed by atoms with Crippen molar-refractivity contribution in [1.82, 2.24) is 0 Å². The maximum absolute atomic E-state index is 10.6. The van der Waals surface area contributed by atoms with Crippen molar-refractivity contribution in [3.05, 3.63) is 35.9 Å². The Kier molecular flexibility index (Phi) is 3.85. The highest BCUT2D eigenvalue weighted by Crippen LogP contribution is 2.13. The van der Waals surface area contributed by atoms with Gasteiger partial charge in [-0.2, -0.15) is 0 Å². The van der Waals surface area contributed by atoms with Gasteiger partial charge in [-0.15, -0.1) is 0 Å². The molecular weight excluding hydrogens is 168 g/mol. The van der Waals surface area contributed by atoms with Crippen molar-refractivity contribution in [2.75, 3.05) is 6.61 Å². The standard InChI is InChI=1S/C10H10O3/c11-6-7-13-10(8-12)9-4-2-1-3-5-9/h1-6,8,10H,7H2/t10-/m1/s1. The minimum absolute atomic E-state index is 0.0572. The van der Waals surface area contributed by atoms with Crippen LogP contribution in [0.3, 0.4) is 0 Å². The molecule has 0 radical (unpaired) electrons. The van der Waals surface area contributed by atoms with Crippen LogP contribution in [-0.2, 0) is 14.3 Å². The molecule has 1 atom stereocenters. The van der Waals surface area contributed by atoms with Crippen LogP contribution < -0.4 is 0 Å². The van der Waals surface area contributed by atoms with Crippen molar-refractivity contribution in [3.63, 3.8) is 0 Å². The SMILES string of the molecule is O=CCO[C@H](C=O)c1ccccc1. The molecule has 3 nitrogen and oxygen atoms in total. The van der Waals surface area contributed by atoms with E-state index in [1.54, 1.807) is 12.1 Å². The van der Waals surface area contributed by atoms with E-state index in [1.165, 1.54) is 0 Å². The fourth-order valence-corrected chi connectivity index (χ4v) is 1.000. The maximum Gasteiger partial charge on any atom is 0.153 e. The van der Waals surface area contributed by atoms with E-state index in [9.17, 15) is 9.59 Å². The van der Waals surface area contributed by atoms with Crippen LogP contribution in [0.1, 0.15) is 11.7 Å². The third-order valence-corrected chi connectivity index (χ3v) is 1.60. The second-order valence-electron chi connectivity index (χ2n) is 2.47. The van der Waals surface area contributed by atoms with Gasteiger partial charge in [-0.05, 0) is 5.56 Å². The summed E-state index contributed by atoms with van der Waals surface area (Å²) in [6, 6.07) is 9.05. The van der Waals surface area contributed by atoms with Crippen molar-refractivity contribution in [3.8, 4) is 0 Å². The number of hydrogen-bond donors (Lipinski definition) is 0. The zero-order valence-corrected chi connectivity index (χ0v) is 7.05. The second kappa shape index (κ2) is 5.22. The van der Waals surface area contributed by atoms with E-state index in [0.717, 1.165) is 5.56 Å². The van der Waals surface area contributed by atoms with Gasteiger partial charge in [0.2, 0.25) is 0 Å². The van der Waals surface area contributed by atoms with E-state index < -0.39 is 6.10 Å². The Hall–Kier alpha value is -1.48. The van der Waals surface area contributed by atoms with E-state index in [1.807, 2.05) is 18.2 Å². The van der Waals surface area contributed by atoms with Gasteiger partial charge >= 0.3 is 0 Å². The smallest absolute Gasteiger partial charge is 0.153 e. The Morgan fingerprint density at radius 1 is 1.23 bits per heavy atom. The first-order valence-electron chi connectivity index (χ1n) is 3.94. The first-order chi connectivity index (χ1) is 6.38. The summed E-state index contributed by atoms with van der Waals surface area (Å²) < 4.78 is 4.99. The predicted molar refractivity (Wildman–Crippen MR) is 47.3 cm³/mol. The first kappa shape index (κ1) is 9.61. The van der Waals surface area contributed by atoms with Gasteiger partial charge in [-0.1, -0.05) is 30.3 Å². The molecular formula is C10H10O3. The normalized spacial score (nSPS) is 12.0. The van der Waals surface area contributed by atoms with Gasteiger partial charge in [0.15, 0.2) is 6.29 Å². The zero-order chi connectivity index (χ0) is 9.52. The van der Waals surface area contributed by atoms with Crippen LogP contribution in [0.2, 0.25) is 0 Å². The largest absolute Gasteiger partial charge is 0.359 e. The highest BCUT2D eigenvalue weighted by atomic mass is 16.5. The van der Waals surface area contributed by atoms with Gasteiger partial charge < -0.3 is 14.3 Å². The average Bonchev–Trinajstić information content (AvgIpc) is 2.21. The lowest BCUT2D eigenvalue weighted by Crippen LogP contribution is -2.07. The topological polar surface area (TPSA) is 43.4 Å². The number of ether oxygens (including phenoxy) is 1. The Morgan fingerprint density at radius 2 is 1.92 bits per heavy atom. The number of hydrogen-bond acceptors (Lipinski definition) is 3. The monoisotopic (exact) mass is 178 g/mol. The predicted octanol–water partition coefficient (Wildman–Crippen LogP) is 1.14. The summed E-state index contributed by atoms with van der Waals surface area (Å²) in [5.74, 6) is 0. The fraction of sp³-hybridized carbons (Fsp3) is 0.200. The Labute approximate surface area is 76.3 Å². The van der Waals surface area contributed by atoms with Crippen molar-refractivity contribution in [1.29, 1.82) is 0 Å². The van der Waals surface area contributed by atoms with Crippen molar-refractivity contribution >= 4 is 12.6 Å². The third-order valence-electron chi connectivity index (χ3n) is 1.60.